The normalized spacial score (nSPS) is 14.6. The van der Waals surface area contributed by atoms with Gasteiger partial charge in [0.15, 0.2) is 0 Å². The molecule has 1 atom stereocenters. The number of nitrogen functional groups attached to an aromatic ring is 1. The van der Waals surface area contributed by atoms with Crippen LogP contribution in [0, 0.1) is 12.3 Å². The Balaban J connectivity index is 1.56. The number of ether oxygens (including phenoxy) is 1. The largest absolute Gasteiger partial charge is 0.465 e. The van der Waals surface area contributed by atoms with Crippen molar-refractivity contribution >= 4 is 39.3 Å². The molecule has 1 aliphatic heterocycles. The van der Waals surface area contributed by atoms with E-state index < -0.39 is 27.9 Å². The Hall–Kier alpha value is -3.97. The highest BCUT2D eigenvalue weighted by Gasteiger charge is 2.29. The molecule has 1 heterocycles. The molecule has 5 N–H and O–H groups in total. The topological polar surface area (TPSA) is 175 Å². The lowest BCUT2D eigenvalue weighted by Crippen LogP contribution is -2.54. The van der Waals surface area contributed by atoms with E-state index in [-0.39, 0.29) is 42.9 Å². The molecule has 12 nitrogen and oxygen atoms in total. The number of amidine groups is 1. The zero-order valence-corrected chi connectivity index (χ0v) is 22.1. The predicted molar refractivity (Wildman–Crippen MR) is 141 cm³/mol. The van der Waals surface area contributed by atoms with Crippen LogP contribution in [-0.2, 0) is 29.1 Å². The third kappa shape index (κ3) is 7.52. The molecule has 0 aromatic heterocycles. The van der Waals surface area contributed by atoms with Crippen molar-refractivity contribution in [3.05, 3.63) is 59.7 Å². The second-order valence-electron chi connectivity index (χ2n) is 8.74. The minimum absolute atomic E-state index is 0.0249. The van der Waals surface area contributed by atoms with Crippen LogP contribution in [-0.4, -0.2) is 82.3 Å². The number of sulfonamides is 1. The van der Waals surface area contributed by atoms with Crippen LogP contribution < -0.4 is 20.7 Å². The number of nitrogens with one attached hydrogen (secondary N) is 3. The van der Waals surface area contributed by atoms with Gasteiger partial charge in [-0.15, -0.1) is 0 Å². The van der Waals surface area contributed by atoms with Gasteiger partial charge in [0.05, 0.1) is 24.6 Å². The lowest BCUT2D eigenvalue weighted by atomic mass is 10.1. The quantitative estimate of drug-likeness (QED) is 0.173. The fourth-order valence-electron chi connectivity index (χ4n) is 3.78. The molecule has 0 spiro atoms. The number of carbonyl (C=O) groups excluding carboxylic acids is 3. The molecule has 38 heavy (non-hydrogen) atoms. The zero-order valence-electron chi connectivity index (χ0n) is 21.3. The van der Waals surface area contributed by atoms with E-state index in [9.17, 15) is 22.8 Å². The number of amides is 2. The molecule has 204 valence electrons. The summed E-state index contributed by atoms with van der Waals surface area (Å²) < 4.78 is 32.8. The Labute approximate surface area is 221 Å². The first kappa shape index (κ1) is 28.6. The van der Waals surface area contributed by atoms with E-state index in [1.807, 2.05) is 11.8 Å². The van der Waals surface area contributed by atoms with Gasteiger partial charge in [0.1, 0.15) is 11.9 Å². The van der Waals surface area contributed by atoms with Crippen molar-refractivity contribution in [1.29, 1.82) is 5.41 Å². The smallest absolute Gasteiger partial charge is 0.326 e. The van der Waals surface area contributed by atoms with Crippen molar-refractivity contribution in [1.82, 2.24) is 14.9 Å². The molecule has 3 rings (SSSR count). The average molecular weight is 545 g/mol. The number of nitrogens with zero attached hydrogens (tertiary/aromatic N) is 2. The number of benzene rings is 2. The van der Waals surface area contributed by atoms with E-state index >= 15 is 0 Å². The second kappa shape index (κ2) is 12.5. The van der Waals surface area contributed by atoms with Gasteiger partial charge >= 0.3 is 5.97 Å². The van der Waals surface area contributed by atoms with Crippen molar-refractivity contribution in [3.63, 3.8) is 0 Å². The van der Waals surface area contributed by atoms with Gasteiger partial charge in [-0.1, -0.05) is 17.7 Å². The Morgan fingerprint density at radius 2 is 1.76 bits per heavy atom. The first-order valence-corrected chi connectivity index (χ1v) is 13.5. The fraction of sp³-hybridized carbons (Fsp3) is 0.360. The highest BCUT2D eigenvalue weighted by molar-refractivity contribution is 7.89. The third-order valence-electron chi connectivity index (χ3n) is 5.90. The van der Waals surface area contributed by atoms with Crippen LogP contribution in [0.3, 0.4) is 0 Å². The fourth-order valence-corrected chi connectivity index (χ4v) is 4.97. The second-order valence-corrected chi connectivity index (χ2v) is 10.5. The number of rotatable bonds is 11. The van der Waals surface area contributed by atoms with Crippen LogP contribution in [0.25, 0.3) is 0 Å². The maximum atomic E-state index is 12.8. The summed E-state index contributed by atoms with van der Waals surface area (Å²) in [5.74, 6) is -1.67. The summed E-state index contributed by atoms with van der Waals surface area (Å²) in [5, 5.41) is 10.0. The summed E-state index contributed by atoms with van der Waals surface area (Å²) in [4.78, 5) is 40.9. The lowest BCUT2D eigenvalue weighted by molar-refractivity contribution is -0.145. The molecule has 2 amide bonds. The van der Waals surface area contributed by atoms with E-state index in [1.54, 1.807) is 43.3 Å². The zero-order chi connectivity index (χ0) is 27.9. The van der Waals surface area contributed by atoms with E-state index in [2.05, 4.69) is 10.0 Å². The number of nitrogens with two attached hydrogens (primary N) is 1. The van der Waals surface area contributed by atoms with Gasteiger partial charge in [-0.2, -0.15) is 4.72 Å². The predicted octanol–water partition coefficient (Wildman–Crippen LogP) is -0.0459. The Kier molecular flexibility index (Phi) is 9.42. The number of hydrogen-bond acceptors (Lipinski definition) is 8. The Bertz CT molecular complexity index is 1280. The first-order chi connectivity index (χ1) is 18.0. The van der Waals surface area contributed by atoms with Crippen molar-refractivity contribution in [2.75, 3.05) is 44.2 Å². The Morgan fingerprint density at radius 1 is 1.11 bits per heavy atom. The molecule has 1 saturated heterocycles. The van der Waals surface area contributed by atoms with Gasteiger partial charge in [0.2, 0.25) is 21.8 Å². The average Bonchev–Trinajstić information content (AvgIpc) is 2.88. The molecule has 13 heteroatoms. The van der Waals surface area contributed by atoms with Gasteiger partial charge in [-0.3, -0.25) is 19.8 Å². The van der Waals surface area contributed by atoms with Crippen molar-refractivity contribution in [3.8, 4) is 0 Å². The molecule has 0 radical (unpaired) electrons. The van der Waals surface area contributed by atoms with Crippen molar-refractivity contribution in [2.24, 2.45) is 5.73 Å². The van der Waals surface area contributed by atoms with E-state index in [0.29, 0.717) is 18.7 Å². The van der Waals surface area contributed by atoms with Crippen LogP contribution in [0.2, 0.25) is 0 Å². The summed E-state index contributed by atoms with van der Waals surface area (Å²) in [6.07, 6.45) is 0. The van der Waals surface area contributed by atoms with Crippen LogP contribution >= 0.6 is 0 Å². The molecule has 0 unspecified atom stereocenters. The molecule has 0 saturated carbocycles. The van der Waals surface area contributed by atoms with Crippen molar-refractivity contribution < 1.29 is 27.5 Å². The standard InChI is InChI=1S/C25H32N6O6S/c1-3-37-25(34)21(29-38(35,36)20-10-4-17(2)5-11-20)14-28-22(32)15-31-13-12-30(16-23(31)33)19-8-6-18(7-9-19)24(26)27/h4-11,21,29H,3,12-16H2,1-2H3,(H3,26,27)(H,28,32)/t21-/m0/s1. The van der Waals surface area contributed by atoms with Crippen LogP contribution in [0.1, 0.15) is 18.1 Å². The van der Waals surface area contributed by atoms with Crippen LogP contribution in [0.5, 0.6) is 0 Å². The van der Waals surface area contributed by atoms with Gasteiger partial charge in [-0.25, -0.2) is 8.42 Å². The van der Waals surface area contributed by atoms with E-state index in [1.165, 1.54) is 17.0 Å². The number of anilines is 1. The summed E-state index contributed by atoms with van der Waals surface area (Å²) in [6.45, 7) is 3.70. The summed E-state index contributed by atoms with van der Waals surface area (Å²) in [6, 6.07) is 11.7. The Morgan fingerprint density at radius 3 is 2.34 bits per heavy atom. The highest BCUT2D eigenvalue weighted by atomic mass is 32.2. The molecule has 0 bridgehead atoms. The molecule has 1 aliphatic rings. The summed E-state index contributed by atoms with van der Waals surface area (Å²) in [5.41, 5.74) is 7.73. The van der Waals surface area contributed by atoms with Gasteiger partial charge in [0.25, 0.3) is 0 Å². The van der Waals surface area contributed by atoms with Crippen molar-refractivity contribution in [2.45, 2.75) is 24.8 Å². The number of aryl methyl sites for hydroxylation is 1. The highest BCUT2D eigenvalue weighted by Crippen LogP contribution is 2.18. The van der Waals surface area contributed by atoms with Gasteiger partial charge < -0.3 is 25.6 Å². The van der Waals surface area contributed by atoms with Gasteiger partial charge in [0, 0.05) is 30.9 Å². The summed E-state index contributed by atoms with van der Waals surface area (Å²) >= 11 is 0. The van der Waals surface area contributed by atoms with E-state index in [4.69, 9.17) is 15.9 Å². The minimum atomic E-state index is -4.05. The first-order valence-electron chi connectivity index (χ1n) is 12.0. The molecule has 2 aromatic rings. The van der Waals surface area contributed by atoms with Gasteiger partial charge in [-0.05, 0) is 50.2 Å². The molecule has 0 aliphatic carbocycles. The summed E-state index contributed by atoms with van der Waals surface area (Å²) in [7, 11) is -4.05. The van der Waals surface area contributed by atoms with Crippen LogP contribution in [0.15, 0.2) is 53.4 Å². The lowest BCUT2D eigenvalue weighted by Gasteiger charge is -2.35. The molecular formula is C25H32N6O6S. The number of hydrogen-bond donors (Lipinski definition) is 4. The third-order valence-corrected chi connectivity index (χ3v) is 7.39. The maximum absolute atomic E-state index is 12.8. The van der Waals surface area contributed by atoms with E-state index in [0.717, 1.165) is 11.3 Å². The maximum Gasteiger partial charge on any atom is 0.326 e. The molecule has 2 aromatic carbocycles. The number of esters is 1. The molecular weight excluding hydrogens is 512 g/mol. The monoisotopic (exact) mass is 544 g/mol. The minimum Gasteiger partial charge on any atom is -0.465 e. The SMILES string of the molecule is CCOC(=O)[C@H](CNC(=O)CN1CCN(c2ccc(C(=N)N)cc2)CC1=O)NS(=O)(=O)c1ccc(C)cc1. The van der Waals surface area contributed by atoms with Crippen LogP contribution in [0.4, 0.5) is 5.69 Å². The number of piperazine rings is 1. The molecule has 1 fully saturated rings. The number of carbonyl (C=O) groups is 3.